The molecule has 21 heavy (non-hydrogen) atoms. The van der Waals surface area contributed by atoms with Crippen molar-refractivity contribution in [3.05, 3.63) is 35.9 Å². The Hall–Kier alpha value is -0.900. The molecule has 1 N–H and O–H groups in total. The first-order valence-corrected chi connectivity index (χ1v) is 8.15. The summed E-state index contributed by atoms with van der Waals surface area (Å²) in [6.45, 7) is 2.85. The summed E-state index contributed by atoms with van der Waals surface area (Å²) in [5.41, 5.74) is 0.928. The number of hydrogen-bond donors (Lipinski definition) is 1. The number of aliphatic hydroxyl groups excluding tert-OH is 1. The molecule has 3 heteroatoms. The predicted molar refractivity (Wildman–Crippen MR) is 82.0 cm³/mol. The van der Waals surface area contributed by atoms with E-state index in [0.29, 0.717) is 12.5 Å². The third kappa shape index (κ3) is 3.15. The van der Waals surface area contributed by atoms with Crippen LogP contribution in [0.1, 0.15) is 44.6 Å². The average molecular weight is 290 g/mol. The topological polar surface area (TPSA) is 38.7 Å². The quantitative estimate of drug-likeness (QED) is 0.924. The van der Waals surface area contributed by atoms with Crippen molar-refractivity contribution in [1.82, 2.24) is 0 Å². The number of aliphatic hydroxyl groups is 1. The molecule has 2 aliphatic rings. The Morgan fingerprint density at radius 2 is 2.05 bits per heavy atom. The fraction of sp³-hybridized carbons (Fsp3) is 0.667. The number of fused-ring (bicyclic) bond motifs is 1. The highest BCUT2D eigenvalue weighted by Crippen LogP contribution is 2.44. The highest BCUT2D eigenvalue weighted by molar-refractivity contribution is 5.15. The summed E-state index contributed by atoms with van der Waals surface area (Å²) in [5, 5.41) is 9.91. The summed E-state index contributed by atoms with van der Waals surface area (Å²) in [4.78, 5) is 0. The van der Waals surface area contributed by atoms with Crippen molar-refractivity contribution in [1.29, 1.82) is 0 Å². The molecular formula is C18H26O3. The molecule has 1 saturated carbocycles. The molecule has 0 radical (unpaired) electrons. The predicted octanol–water partition coefficient (Wildman–Crippen LogP) is 3.30. The second kappa shape index (κ2) is 6.07. The van der Waals surface area contributed by atoms with Gasteiger partial charge in [0.2, 0.25) is 0 Å². The fourth-order valence-electron chi connectivity index (χ4n) is 3.77. The Balaban J connectivity index is 1.67. The van der Waals surface area contributed by atoms with E-state index in [1.165, 1.54) is 12.0 Å². The van der Waals surface area contributed by atoms with Gasteiger partial charge >= 0.3 is 0 Å². The molecular weight excluding hydrogens is 264 g/mol. The molecule has 2 fully saturated rings. The third-order valence-electron chi connectivity index (χ3n) is 5.13. The number of rotatable bonds is 4. The minimum Gasteiger partial charge on any atom is -0.393 e. The Kier molecular flexibility index (Phi) is 4.34. The van der Waals surface area contributed by atoms with E-state index in [2.05, 4.69) is 24.3 Å². The first kappa shape index (κ1) is 15.0. The Labute approximate surface area is 127 Å². The van der Waals surface area contributed by atoms with Gasteiger partial charge in [-0.05, 0) is 31.7 Å². The first-order valence-electron chi connectivity index (χ1n) is 8.15. The van der Waals surface area contributed by atoms with Gasteiger partial charge in [0.25, 0.3) is 0 Å². The van der Waals surface area contributed by atoms with Crippen molar-refractivity contribution < 1.29 is 14.6 Å². The number of benzene rings is 1. The molecule has 3 rings (SSSR count). The molecule has 0 bridgehead atoms. The minimum atomic E-state index is -0.577. The van der Waals surface area contributed by atoms with Gasteiger partial charge in [-0.25, -0.2) is 0 Å². The van der Waals surface area contributed by atoms with Crippen LogP contribution in [0.25, 0.3) is 0 Å². The molecule has 0 aromatic heterocycles. The van der Waals surface area contributed by atoms with E-state index in [-0.39, 0.29) is 12.2 Å². The fourth-order valence-corrected chi connectivity index (χ4v) is 3.77. The summed E-state index contributed by atoms with van der Waals surface area (Å²) in [6.07, 6.45) is 6.19. The van der Waals surface area contributed by atoms with Gasteiger partial charge in [-0.3, -0.25) is 0 Å². The summed E-state index contributed by atoms with van der Waals surface area (Å²) >= 11 is 0. The molecule has 1 saturated heterocycles. The van der Waals surface area contributed by atoms with E-state index < -0.39 is 5.79 Å². The number of aryl methyl sites for hydroxylation is 1. The molecule has 0 spiro atoms. The van der Waals surface area contributed by atoms with E-state index >= 15 is 0 Å². The number of ether oxygens (including phenoxy) is 2. The smallest absolute Gasteiger partial charge is 0.166 e. The van der Waals surface area contributed by atoms with Gasteiger partial charge in [0.1, 0.15) is 0 Å². The van der Waals surface area contributed by atoms with Gasteiger partial charge in [0.15, 0.2) is 5.79 Å². The van der Waals surface area contributed by atoms with E-state index in [4.69, 9.17) is 9.47 Å². The van der Waals surface area contributed by atoms with Crippen molar-refractivity contribution in [2.24, 2.45) is 5.92 Å². The average Bonchev–Trinajstić information content (AvgIpc) is 2.54. The van der Waals surface area contributed by atoms with Crippen molar-refractivity contribution in [3.63, 3.8) is 0 Å². The summed E-state index contributed by atoms with van der Waals surface area (Å²) < 4.78 is 12.4. The van der Waals surface area contributed by atoms with Gasteiger partial charge in [-0.1, -0.05) is 43.2 Å². The third-order valence-corrected chi connectivity index (χ3v) is 5.13. The van der Waals surface area contributed by atoms with Crippen LogP contribution in [0.3, 0.4) is 0 Å². The highest BCUT2D eigenvalue weighted by atomic mass is 16.7. The summed E-state index contributed by atoms with van der Waals surface area (Å²) in [5.74, 6) is -0.229. The minimum absolute atomic E-state index is 0.113. The van der Waals surface area contributed by atoms with Crippen LogP contribution >= 0.6 is 0 Å². The standard InChI is InChI=1S/C18H26O3/c1-17(12-10-15-7-3-2-4-8-15)20-13-16-9-5-6-11-18(16,14-19)21-17/h2-4,7-8,16,19H,5-6,9-14H2,1H3/t16?,17-,18-/m0/s1. The van der Waals surface area contributed by atoms with Crippen molar-refractivity contribution >= 4 is 0 Å². The van der Waals surface area contributed by atoms with Gasteiger partial charge in [0, 0.05) is 12.3 Å². The lowest BCUT2D eigenvalue weighted by atomic mass is 9.75. The van der Waals surface area contributed by atoms with Gasteiger partial charge in [-0.15, -0.1) is 0 Å². The lowest BCUT2D eigenvalue weighted by Gasteiger charge is -2.52. The lowest BCUT2D eigenvalue weighted by Crippen LogP contribution is -2.59. The van der Waals surface area contributed by atoms with Crippen LogP contribution in [-0.4, -0.2) is 29.7 Å². The van der Waals surface area contributed by atoms with Crippen LogP contribution in [0.2, 0.25) is 0 Å². The molecule has 0 amide bonds. The van der Waals surface area contributed by atoms with E-state index in [1.807, 2.05) is 13.0 Å². The summed E-state index contributed by atoms with van der Waals surface area (Å²) in [6, 6.07) is 10.4. The Morgan fingerprint density at radius 1 is 1.24 bits per heavy atom. The first-order chi connectivity index (χ1) is 10.2. The lowest BCUT2D eigenvalue weighted by molar-refractivity contribution is -0.355. The molecule has 116 valence electrons. The van der Waals surface area contributed by atoms with Crippen molar-refractivity contribution in [3.8, 4) is 0 Å². The molecule has 1 aromatic rings. The molecule has 1 aliphatic carbocycles. The molecule has 1 heterocycles. The Morgan fingerprint density at radius 3 is 2.81 bits per heavy atom. The normalized spacial score (nSPS) is 36.2. The summed E-state index contributed by atoms with van der Waals surface area (Å²) in [7, 11) is 0. The molecule has 3 atom stereocenters. The van der Waals surface area contributed by atoms with Crippen LogP contribution in [0.4, 0.5) is 0 Å². The Bertz CT molecular complexity index is 461. The zero-order valence-corrected chi connectivity index (χ0v) is 12.9. The van der Waals surface area contributed by atoms with Crippen LogP contribution < -0.4 is 0 Å². The van der Waals surface area contributed by atoms with Crippen molar-refractivity contribution in [2.75, 3.05) is 13.2 Å². The van der Waals surface area contributed by atoms with Crippen LogP contribution in [0.5, 0.6) is 0 Å². The van der Waals surface area contributed by atoms with Crippen LogP contribution in [-0.2, 0) is 15.9 Å². The second-order valence-corrected chi connectivity index (χ2v) is 6.70. The molecule has 3 nitrogen and oxygen atoms in total. The van der Waals surface area contributed by atoms with Crippen LogP contribution in [0.15, 0.2) is 30.3 Å². The van der Waals surface area contributed by atoms with E-state index in [0.717, 1.165) is 32.1 Å². The second-order valence-electron chi connectivity index (χ2n) is 6.70. The maximum absolute atomic E-state index is 9.91. The van der Waals surface area contributed by atoms with Gasteiger partial charge in [-0.2, -0.15) is 0 Å². The highest BCUT2D eigenvalue weighted by Gasteiger charge is 2.50. The maximum atomic E-state index is 9.91. The maximum Gasteiger partial charge on any atom is 0.166 e. The number of hydrogen-bond acceptors (Lipinski definition) is 3. The largest absolute Gasteiger partial charge is 0.393 e. The van der Waals surface area contributed by atoms with Gasteiger partial charge < -0.3 is 14.6 Å². The van der Waals surface area contributed by atoms with E-state index in [1.54, 1.807) is 0 Å². The zero-order valence-electron chi connectivity index (χ0n) is 12.9. The van der Waals surface area contributed by atoms with Crippen LogP contribution in [0, 0.1) is 5.92 Å². The molecule has 1 aromatic carbocycles. The monoisotopic (exact) mass is 290 g/mol. The van der Waals surface area contributed by atoms with Crippen molar-refractivity contribution in [2.45, 2.75) is 56.8 Å². The zero-order chi connectivity index (χ0) is 14.8. The van der Waals surface area contributed by atoms with Gasteiger partial charge in [0.05, 0.1) is 18.8 Å². The SMILES string of the molecule is C[C@]1(CCc2ccccc2)OCC2CCCC[C@@]2(CO)O1. The van der Waals surface area contributed by atoms with E-state index in [9.17, 15) is 5.11 Å². The molecule has 1 aliphatic heterocycles. The molecule has 1 unspecified atom stereocenters.